The molecule has 0 radical (unpaired) electrons. The summed E-state index contributed by atoms with van der Waals surface area (Å²) in [6, 6.07) is 0. The lowest BCUT2D eigenvalue weighted by molar-refractivity contribution is -0.698. The summed E-state index contributed by atoms with van der Waals surface area (Å²) < 4.78 is 112. The topological polar surface area (TPSA) is 86.3 Å². The van der Waals surface area contributed by atoms with Crippen LogP contribution < -0.4 is 4.57 Å². The molecule has 0 saturated carbocycles. The number of unbranched alkanes of at least 4 members (excludes halogenated alkanes) is 2. The third-order valence-electron chi connectivity index (χ3n) is 3.08. The number of thiazole rings is 1. The van der Waals surface area contributed by atoms with Gasteiger partial charge < -0.3 is 4.13 Å². The Hall–Kier alpha value is -0.930. The van der Waals surface area contributed by atoms with Crippen LogP contribution in [0.1, 0.15) is 36.8 Å². The average molecular weight is 464 g/mol. The molecule has 27 heavy (non-hydrogen) atoms. The van der Waals surface area contributed by atoms with Crippen LogP contribution in [0, 0.1) is 13.8 Å². The lowest BCUT2D eigenvalue weighted by Crippen LogP contribution is -2.34. The van der Waals surface area contributed by atoms with E-state index in [9.17, 15) is 43.2 Å². The number of hydrogen-bond acceptors (Lipinski definition) is 5. The Morgan fingerprint density at radius 1 is 0.963 bits per heavy atom. The van der Waals surface area contributed by atoms with Crippen molar-refractivity contribution in [1.82, 2.24) is 0 Å². The quantitative estimate of drug-likeness (QED) is 0.363. The number of nitrogens with zero attached hydrogens (tertiary/aromatic N) is 2. The first-order valence-electron chi connectivity index (χ1n) is 7.27. The van der Waals surface area contributed by atoms with Gasteiger partial charge in [0.05, 0.1) is 4.88 Å². The van der Waals surface area contributed by atoms with E-state index in [4.69, 9.17) is 0 Å². The van der Waals surface area contributed by atoms with Crippen LogP contribution in [0.15, 0.2) is 5.51 Å². The van der Waals surface area contributed by atoms with Crippen molar-refractivity contribution in [3.05, 3.63) is 20.2 Å². The minimum Gasteiger partial charge on any atom is -0.421 e. The van der Waals surface area contributed by atoms with Gasteiger partial charge in [-0.2, -0.15) is 30.9 Å². The molecule has 0 aliphatic rings. The molecule has 1 aromatic heterocycles. The molecule has 160 valence electrons. The van der Waals surface area contributed by atoms with Gasteiger partial charge in [-0.3, -0.25) is 0 Å². The van der Waals surface area contributed by atoms with Crippen LogP contribution >= 0.6 is 11.3 Å². The molecule has 0 aliphatic heterocycles. The van der Waals surface area contributed by atoms with E-state index in [1.165, 1.54) is 36.4 Å². The third kappa shape index (κ3) is 7.91. The smallest absolute Gasteiger partial charge is 0.421 e. The minimum absolute atomic E-state index is 0.778. The molecule has 1 aromatic rings. The third-order valence-corrected chi connectivity index (χ3v) is 6.83. The first-order chi connectivity index (χ1) is 12.0. The number of rotatable bonds is 6. The highest BCUT2D eigenvalue weighted by atomic mass is 32.3. The molecule has 0 aromatic carbocycles. The number of halogens is 6. The van der Waals surface area contributed by atoms with Crippen LogP contribution in [-0.4, -0.2) is 27.9 Å². The van der Waals surface area contributed by atoms with E-state index in [-0.39, 0.29) is 0 Å². The summed E-state index contributed by atoms with van der Waals surface area (Å²) >= 11 is 1.85. The van der Waals surface area contributed by atoms with Gasteiger partial charge in [-0.1, -0.05) is 24.7 Å². The second-order valence-corrected chi connectivity index (χ2v) is 9.66. The fraction of sp³-hybridized carbons (Fsp3) is 0.750. The summed E-state index contributed by atoms with van der Waals surface area (Å²) in [5, 5.41) is 0. The van der Waals surface area contributed by atoms with Crippen molar-refractivity contribution < 1.29 is 47.7 Å². The van der Waals surface area contributed by atoms with Crippen molar-refractivity contribution >= 4 is 31.4 Å². The summed E-state index contributed by atoms with van der Waals surface area (Å²) in [5.41, 5.74) is -8.73. The number of hydrogen-bond donors (Lipinski definition) is 0. The van der Waals surface area contributed by atoms with Crippen LogP contribution in [0.2, 0.25) is 0 Å². The van der Waals surface area contributed by atoms with Gasteiger partial charge in [0, 0.05) is 13.3 Å². The minimum atomic E-state index is -6.72. The Morgan fingerprint density at radius 2 is 1.41 bits per heavy atom. The highest BCUT2D eigenvalue weighted by molar-refractivity contribution is 8.13. The molecule has 0 aliphatic carbocycles. The van der Waals surface area contributed by atoms with Crippen LogP contribution in [0.4, 0.5) is 26.3 Å². The molecule has 0 saturated heterocycles. The SMILES string of the molecule is CCCCC[n+]1csc(C)c1C.O=S(=O)([N-]S(=O)(=O)C(F)(F)F)C(F)(F)F. The number of aryl methyl sites for hydroxylation is 2. The standard InChI is InChI=1S/C10H18NS.C2F6NO4S2/c1-4-5-6-7-11-8-12-10(3)9(11)2;3-1(4,5)14(10,11)9-15(12,13)2(6,7)8/h8H,4-7H2,1-3H3;/q+1;-1. The predicted octanol–water partition coefficient (Wildman–Crippen LogP) is 3.90. The van der Waals surface area contributed by atoms with E-state index >= 15 is 0 Å². The van der Waals surface area contributed by atoms with Crippen molar-refractivity contribution in [2.45, 2.75) is 57.6 Å². The van der Waals surface area contributed by atoms with Crippen LogP contribution in [0.3, 0.4) is 0 Å². The van der Waals surface area contributed by atoms with Gasteiger partial charge in [-0.25, -0.2) is 16.8 Å². The van der Waals surface area contributed by atoms with Gasteiger partial charge in [0.2, 0.25) is 5.51 Å². The van der Waals surface area contributed by atoms with Gasteiger partial charge in [-0.05, 0) is 13.3 Å². The van der Waals surface area contributed by atoms with Crippen molar-refractivity contribution in [1.29, 1.82) is 0 Å². The predicted molar refractivity (Wildman–Crippen MR) is 86.8 cm³/mol. The van der Waals surface area contributed by atoms with E-state index in [0.717, 1.165) is 4.13 Å². The van der Waals surface area contributed by atoms with E-state index in [1.807, 2.05) is 11.3 Å². The lowest BCUT2D eigenvalue weighted by atomic mass is 10.2. The van der Waals surface area contributed by atoms with Gasteiger partial charge in [-0.15, -0.1) is 0 Å². The molecule has 0 bridgehead atoms. The van der Waals surface area contributed by atoms with E-state index in [2.05, 4.69) is 30.8 Å². The zero-order valence-corrected chi connectivity index (χ0v) is 16.9. The Morgan fingerprint density at radius 3 is 1.70 bits per heavy atom. The molecule has 0 atom stereocenters. The molecule has 0 fully saturated rings. The molecule has 15 heteroatoms. The van der Waals surface area contributed by atoms with Crippen molar-refractivity contribution in [3.8, 4) is 0 Å². The van der Waals surface area contributed by atoms with E-state index in [0.29, 0.717) is 0 Å². The van der Waals surface area contributed by atoms with Gasteiger partial charge in [0.1, 0.15) is 6.54 Å². The summed E-state index contributed by atoms with van der Waals surface area (Å²) in [7, 11) is -13.4. The number of aromatic nitrogens is 1. The van der Waals surface area contributed by atoms with Gasteiger partial charge in [0.15, 0.2) is 25.7 Å². The Labute approximate surface area is 157 Å². The van der Waals surface area contributed by atoms with Crippen LogP contribution in [-0.2, 0) is 26.6 Å². The normalized spacial score (nSPS) is 13.2. The van der Waals surface area contributed by atoms with Gasteiger partial charge >= 0.3 is 11.0 Å². The van der Waals surface area contributed by atoms with Crippen molar-refractivity contribution in [2.75, 3.05) is 0 Å². The number of sulfonamides is 2. The summed E-state index contributed by atoms with van der Waals surface area (Å²) in [5.74, 6) is 0. The maximum atomic E-state index is 11.4. The monoisotopic (exact) mass is 464 g/mol. The first-order valence-corrected chi connectivity index (χ1v) is 11.0. The van der Waals surface area contributed by atoms with E-state index < -0.39 is 31.1 Å². The molecule has 0 spiro atoms. The Bertz CT molecular complexity index is 771. The maximum Gasteiger partial charge on any atom is 0.480 e. The lowest BCUT2D eigenvalue weighted by Gasteiger charge is -2.22. The highest BCUT2D eigenvalue weighted by Crippen LogP contribution is 2.36. The summed E-state index contributed by atoms with van der Waals surface area (Å²) in [6.45, 7) is 7.84. The van der Waals surface area contributed by atoms with Crippen molar-refractivity contribution in [3.63, 3.8) is 0 Å². The van der Waals surface area contributed by atoms with E-state index in [1.54, 1.807) is 0 Å². The fourth-order valence-corrected chi connectivity index (χ4v) is 4.02. The highest BCUT2D eigenvalue weighted by Gasteiger charge is 2.46. The molecular formula is C12H18F6N2O4S3. The first kappa shape index (κ1) is 26.1. The van der Waals surface area contributed by atoms with Crippen LogP contribution in [0.25, 0.3) is 4.13 Å². The average Bonchev–Trinajstić information content (AvgIpc) is 2.77. The molecule has 1 heterocycles. The molecular weight excluding hydrogens is 446 g/mol. The molecule has 0 unspecified atom stereocenters. The van der Waals surface area contributed by atoms with Crippen LogP contribution in [0.5, 0.6) is 0 Å². The zero-order valence-electron chi connectivity index (χ0n) is 14.4. The zero-order chi connectivity index (χ0) is 21.7. The Kier molecular flexibility index (Phi) is 9.19. The summed E-state index contributed by atoms with van der Waals surface area (Å²) in [6.07, 6.45) is 3.97. The van der Waals surface area contributed by atoms with Crippen molar-refractivity contribution in [2.24, 2.45) is 0 Å². The Balaban J connectivity index is 0.000000511. The molecule has 0 amide bonds. The van der Waals surface area contributed by atoms with Gasteiger partial charge in [0.25, 0.3) is 0 Å². The second kappa shape index (κ2) is 9.52. The number of alkyl halides is 6. The largest absolute Gasteiger partial charge is 0.480 e. The maximum absolute atomic E-state index is 11.4. The second-order valence-electron chi connectivity index (χ2n) is 5.18. The molecule has 1 rings (SSSR count). The fourth-order valence-electron chi connectivity index (χ4n) is 1.48. The molecule has 0 N–H and O–H groups in total. The molecule has 6 nitrogen and oxygen atoms in total. The summed E-state index contributed by atoms with van der Waals surface area (Å²) in [4.78, 5) is 1.45.